The summed E-state index contributed by atoms with van der Waals surface area (Å²) in [7, 11) is 0. The SMILES string of the molecule is CCCCCC[NH+](CCCCCC)C(CCCCC)CCCCCCO.[Br-]. The predicted octanol–water partition coefficient (Wildman–Crippen LogP) is 2.93. The lowest BCUT2D eigenvalue weighted by molar-refractivity contribution is -0.926. The number of aliphatic hydroxyl groups excluding tert-OH is 1. The van der Waals surface area contributed by atoms with Gasteiger partial charge in [-0.2, -0.15) is 0 Å². The average molecular weight is 451 g/mol. The first-order chi connectivity index (χ1) is 12.8. The van der Waals surface area contributed by atoms with Crippen LogP contribution in [0.25, 0.3) is 0 Å². The smallest absolute Gasteiger partial charge is 0.0874 e. The van der Waals surface area contributed by atoms with E-state index in [2.05, 4.69) is 20.8 Å². The van der Waals surface area contributed by atoms with Crippen molar-refractivity contribution in [3.05, 3.63) is 0 Å². The van der Waals surface area contributed by atoms with Gasteiger partial charge in [-0.1, -0.05) is 72.1 Å². The first-order valence-electron chi connectivity index (χ1n) is 12.2. The maximum absolute atomic E-state index is 8.98. The minimum absolute atomic E-state index is 0. The molecule has 1 unspecified atom stereocenters. The Morgan fingerprint density at radius 3 is 1.44 bits per heavy atom. The third kappa shape index (κ3) is 19.5. The zero-order valence-electron chi connectivity index (χ0n) is 19.0. The minimum Gasteiger partial charge on any atom is -1.00 e. The summed E-state index contributed by atoms with van der Waals surface area (Å²) >= 11 is 0. The molecule has 0 fully saturated rings. The van der Waals surface area contributed by atoms with Crippen molar-refractivity contribution >= 4 is 0 Å². The van der Waals surface area contributed by atoms with Crippen molar-refractivity contribution in [2.75, 3.05) is 19.7 Å². The fourth-order valence-corrected chi connectivity index (χ4v) is 4.14. The molecule has 27 heavy (non-hydrogen) atoms. The van der Waals surface area contributed by atoms with Gasteiger partial charge in [-0.15, -0.1) is 0 Å². The molecule has 0 saturated carbocycles. The van der Waals surface area contributed by atoms with Crippen LogP contribution in [-0.4, -0.2) is 30.8 Å². The van der Waals surface area contributed by atoms with Gasteiger partial charge >= 0.3 is 0 Å². The molecule has 0 aromatic rings. The fourth-order valence-electron chi connectivity index (χ4n) is 4.14. The average Bonchev–Trinajstić information content (AvgIpc) is 2.65. The molecule has 0 spiro atoms. The third-order valence-electron chi connectivity index (χ3n) is 5.90. The molecule has 0 aliphatic rings. The van der Waals surface area contributed by atoms with E-state index in [9.17, 15) is 0 Å². The molecule has 2 nitrogen and oxygen atoms in total. The Morgan fingerprint density at radius 1 is 0.556 bits per heavy atom. The molecule has 0 heterocycles. The van der Waals surface area contributed by atoms with E-state index in [4.69, 9.17) is 5.11 Å². The number of hydrogen-bond acceptors (Lipinski definition) is 1. The molecule has 0 aromatic heterocycles. The van der Waals surface area contributed by atoms with E-state index >= 15 is 0 Å². The molecular formula is C24H52BrNO. The molecule has 0 radical (unpaired) electrons. The van der Waals surface area contributed by atoms with Crippen LogP contribution in [0.1, 0.15) is 130 Å². The minimum atomic E-state index is 0. The Labute approximate surface area is 182 Å². The van der Waals surface area contributed by atoms with E-state index in [1.807, 2.05) is 4.90 Å². The molecule has 0 aliphatic carbocycles. The van der Waals surface area contributed by atoms with E-state index < -0.39 is 0 Å². The second-order valence-corrected chi connectivity index (χ2v) is 8.40. The lowest BCUT2D eigenvalue weighted by Crippen LogP contribution is -3.15. The van der Waals surface area contributed by atoms with Gasteiger partial charge in [0.15, 0.2) is 0 Å². The van der Waals surface area contributed by atoms with Crippen LogP contribution in [0.15, 0.2) is 0 Å². The van der Waals surface area contributed by atoms with Crippen molar-refractivity contribution < 1.29 is 27.0 Å². The lowest BCUT2D eigenvalue weighted by Gasteiger charge is -2.29. The van der Waals surface area contributed by atoms with Crippen LogP contribution in [0, 0.1) is 0 Å². The quantitative estimate of drug-likeness (QED) is 0.258. The predicted molar refractivity (Wildman–Crippen MR) is 117 cm³/mol. The monoisotopic (exact) mass is 449 g/mol. The Bertz CT molecular complexity index is 251. The molecule has 0 aliphatic heterocycles. The number of quaternary nitrogens is 1. The summed E-state index contributed by atoms with van der Waals surface area (Å²) < 4.78 is 0. The third-order valence-corrected chi connectivity index (χ3v) is 5.90. The number of halogens is 1. The first kappa shape index (κ1) is 29.6. The van der Waals surface area contributed by atoms with Crippen molar-refractivity contribution in [3.8, 4) is 0 Å². The molecule has 0 amide bonds. The second-order valence-electron chi connectivity index (χ2n) is 8.40. The fraction of sp³-hybridized carbons (Fsp3) is 1.00. The van der Waals surface area contributed by atoms with Gasteiger partial charge in [0.05, 0.1) is 19.1 Å². The molecule has 0 saturated heterocycles. The van der Waals surface area contributed by atoms with Crippen LogP contribution in [0.3, 0.4) is 0 Å². The molecule has 1 atom stereocenters. The second kappa shape index (κ2) is 24.4. The summed E-state index contributed by atoms with van der Waals surface area (Å²) in [6.07, 6.45) is 23.1. The van der Waals surface area contributed by atoms with Gasteiger partial charge < -0.3 is 27.0 Å². The zero-order chi connectivity index (χ0) is 19.3. The van der Waals surface area contributed by atoms with Crippen LogP contribution in [0.5, 0.6) is 0 Å². The van der Waals surface area contributed by atoms with Crippen molar-refractivity contribution in [2.24, 2.45) is 0 Å². The number of unbranched alkanes of at least 4 members (excludes halogenated alkanes) is 11. The van der Waals surface area contributed by atoms with Gasteiger partial charge in [-0.25, -0.2) is 0 Å². The Balaban J connectivity index is 0. The summed E-state index contributed by atoms with van der Waals surface area (Å²) in [5.74, 6) is 0. The van der Waals surface area contributed by atoms with Crippen molar-refractivity contribution in [3.63, 3.8) is 0 Å². The van der Waals surface area contributed by atoms with Crippen molar-refractivity contribution in [2.45, 2.75) is 136 Å². The van der Waals surface area contributed by atoms with E-state index in [0.717, 1.165) is 12.5 Å². The Hall–Kier alpha value is 0.400. The number of hydrogen-bond donors (Lipinski definition) is 2. The summed E-state index contributed by atoms with van der Waals surface area (Å²) in [5, 5.41) is 8.98. The standard InChI is InChI=1S/C24H51NO.BrH/c1-4-7-10-16-21-25(22-17-11-8-5-2)24(19-14-9-6-3)20-15-12-13-18-23-26;/h24,26H,4-23H2,1-3H3;1H. The summed E-state index contributed by atoms with van der Waals surface area (Å²) in [4.78, 5) is 1.93. The topological polar surface area (TPSA) is 24.7 Å². The zero-order valence-corrected chi connectivity index (χ0v) is 20.6. The van der Waals surface area contributed by atoms with Gasteiger partial charge in [0, 0.05) is 6.61 Å². The maximum Gasteiger partial charge on any atom is 0.0874 e. The van der Waals surface area contributed by atoms with Crippen LogP contribution >= 0.6 is 0 Å². The highest BCUT2D eigenvalue weighted by atomic mass is 79.9. The van der Waals surface area contributed by atoms with Crippen LogP contribution in [0.2, 0.25) is 0 Å². The largest absolute Gasteiger partial charge is 1.00 e. The summed E-state index contributed by atoms with van der Waals surface area (Å²) in [5.41, 5.74) is 0. The molecule has 0 rings (SSSR count). The highest BCUT2D eigenvalue weighted by Gasteiger charge is 2.21. The number of nitrogens with one attached hydrogen (secondary N) is 1. The normalized spacial score (nSPS) is 12.3. The molecule has 166 valence electrons. The van der Waals surface area contributed by atoms with E-state index in [0.29, 0.717) is 6.61 Å². The number of aliphatic hydroxyl groups is 1. The Kier molecular flexibility index (Phi) is 26.8. The molecule has 0 aromatic carbocycles. The molecular weight excluding hydrogens is 398 g/mol. The van der Waals surface area contributed by atoms with Crippen LogP contribution in [0.4, 0.5) is 0 Å². The van der Waals surface area contributed by atoms with E-state index in [1.54, 1.807) is 0 Å². The highest BCUT2D eigenvalue weighted by Crippen LogP contribution is 2.11. The van der Waals surface area contributed by atoms with Crippen molar-refractivity contribution in [1.29, 1.82) is 0 Å². The molecule has 0 bridgehead atoms. The van der Waals surface area contributed by atoms with Gasteiger partial charge in [-0.3, -0.25) is 0 Å². The molecule has 2 N–H and O–H groups in total. The van der Waals surface area contributed by atoms with Crippen LogP contribution in [-0.2, 0) is 0 Å². The van der Waals surface area contributed by atoms with Gasteiger partial charge in [0.25, 0.3) is 0 Å². The lowest BCUT2D eigenvalue weighted by atomic mass is 9.99. The number of rotatable bonds is 21. The summed E-state index contributed by atoms with van der Waals surface area (Å²) in [6, 6.07) is 0.888. The van der Waals surface area contributed by atoms with Gasteiger partial charge in [-0.05, 0) is 57.8 Å². The Morgan fingerprint density at radius 2 is 0.963 bits per heavy atom. The first-order valence-corrected chi connectivity index (χ1v) is 12.2. The highest BCUT2D eigenvalue weighted by molar-refractivity contribution is 4.59. The maximum atomic E-state index is 8.98. The molecule has 3 heteroatoms. The van der Waals surface area contributed by atoms with E-state index in [1.165, 1.54) is 116 Å². The van der Waals surface area contributed by atoms with E-state index in [-0.39, 0.29) is 17.0 Å². The summed E-state index contributed by atoms with van der Waals surface area (Å²) in [6.45, 7) is 10.1. The van der Waals surface area contributed by atoms with Gasteiger partial charge in [0.1, 0.15) is 0 Å². The van der Waals surface area contributed by atoms with Crippen molar-refractivity contribution in [1.82, 2.24) is 0 Å². The van der Waals surface area contributed by atoms with Gasteiger partial charge in [0.2, 0.25) is 0 Å². The van der Waals surface area contributed by atoms with Crippen LogP contribution < -0.4 is 21.9 Å².